The van der Waals surface area contributed by atoms with E-state index in [1.54, 1.807) is 6.92 Å². The molecule has 0 amide bonds. The van der Waals surface area contributed by atoms with Crippen LogP contribution in [0.1, 0.15) is 59.8 Å². The van der Waals surface area contributed by atoms with Crippen molar-refractivity contribution in [1.29, 1.82) is 0 Å². The van der Waals surface area contributed by atoms with Crippen LogP contribution in [0.15, 0.2) is 0 Å². The largest absolute Gasteiger partial charge is 0.396 e. The average molecular weight is 367 g/mol. The number of hydrogen-bond acceptors (Lipinski definition) is 6. The standard InChI is InChI=1S/C10H22O3.C9H20O3/c1-3-5-6-13-9-10(4-2,7-11)8-12;1-3-4-5-12-8-9(2,6-10)7-11/h11-12H,3-9H2,1-2H3;10-11H,3-8H2,1-2H3. The Balaban J connectivity index is 0. The highest BCUT2D eigenvalue weighted by Gasteiger charge is 2.26. The summed E-state index contributed by atoms with van der Waals surface area (Å²) in [6.45, 7) is 10.2. The summed E-state index contributed by atoms with van der Waals surface area (Å²) in [4.78, 5) is 0. The van der Waals surface area contributed by atoms with Crippen LogP contribution in [-0.4, -0.2) is 73.3 Å². The third-order valence-electron chi connectivity index (χ3n) is 4.33. The quantitative estimate of drug-likeness (QED) is 0.331. The van der Waals surface area contributed by atoms with E-state index in [1.165, 1.54) is 0 Å². The minimum absolute atomic E-state index is 0.00781. The van der Waals surface area contributed by atoms with Gasteiger partial charge in [-0.25, -0.2) is 0 Å². The van der Waals surface area contributed by atoms with Gasteiger partial charge in [-0.15, -0.1) is 0 Å². The first-order valence-corrected chi connectivity index (χ1v) is 9.52. The van der Waals surface area contributed by atoms with Gasteiger partial charge in [-0.2, -0.15) is 0 Å². The molecule has 0 aromatic rings. The van der Waals surface area contributed by atoms with E-state index in [-0.39, 0.29) is 26.4 Å². The van der Waals surface area contributed by atoms with Crippen molar-refractivity contribution in [3.8, 4) is 0 Å². The maximum atomic E-state index is 9.09. The Morgan fingerprint density at radius 1 is 0.680 bits per heavy atom. The predicted molar refractivity (Wildman–Crippen MR) is 101 cm³/mol. The van der Waals surface area contributed by atoms with Crippen molar-refractivity contribution in [1.82, 2.24) is 0 Å². The van der Waals surface area contributed by atoms with Gasteiger partial charge in [0.15, 0.2) is 0 Å². The second-order valence-corrected chi connectivity index (χ2v) is 7.11. The number of rotatable bonds is 15. The van der Waals surface area contributed by atoms with E-state index in [0.29, 0.717) is 19.8 Å². The van der Waals surface area contributed by atoms with E-state index in [0.717, 1.165) is 38.7 Å². The highest BCUT2D eigenvalue weighted by atomic mass is 16.5. The predicted octanol–water partition coefficient (Wildman–Crippen LogP) is 1.98. The minimum atomic E-state index is -0.478. The van der Waals surface area contributed by atoms with Crippen molar-refractivity contribution in [2.45, 2.75) is 59.8 Å². The third kappa shape index (κ3) is 13.6. The molecule has 6 nitrogen and oxygen atoms in total. The number of unbranched alkanes of at least 4 members (excludes halogenated alkanes) is 2. The first-order valence-electron chi connectivity index (χ1n) is 9.52. The van der Waals surface area contributed by atoms with Crippen LogP contribution >= 0.6 is 0 Å². The van der Waals surface area contributed by atoms with E-state index in [4.69, 9.17) is 29.9 Å². The molecule has 0 aliphatic heterocycles. The van der Waals surface area contributed by atoms with Crippen LogP contribution in [0, 0.1) is 10.8 Å². The first-order chi connectivity index (χ1) is 11.9. The van der Waals surface area contributed by atoms with Crippen LogP contribution in [0.3, 0.4) is 0 Å². The van der Waals surface area contributed by atoms with Gasteiger partial charge in [0.2, 0.25) is 0 Å². The van der Waals surface area contributed by atoms with Crippen LogP contribution in [0.2, 0.25) is 0 Å². The van der Waals surface area contributed by atoms with Crippen molar-refractivity contribution < 1.29 is 29.9 Å². The summed E-state index contributed by atoms with van der Waals surface area (Å²) >= 11 is 0. The summed E-state index contributed by atoms with van der Waals surface area (Å²) in [5, 5.41) is 36.0. The Kier molecular flexibility index (Phi) is 18.6. The van der Waals surface area contributed by atoms with Gasteiger partial charge >= 0.3 is 0 Å². The van der Waals surface area contributed by atoms with E-state index in [2.05, 4.69) is 13.8 Å². The van der Waals surface area contributed by atoms with E-state index < -0.39 is 10.8 Å². The van der Waals surface area contributed by atoms with Gasteiger partial charge in [-0.1, -0.05) is 40.5 Å². The van der Waals surface area contributed by atoms with Crippen molar-refractivity contribution >= 4 is 0 Å². The number of aliphatic hydroxyl groups excluding tert-OH is 4. The highest BCUT2D eigenvalue weighted by molar-refractivity contribution is 4.75. The Bertz CT molecular complexity index is 256. The zero-order valence-electron chi connectivity index (χ0n) is 16.8. The molecule has 154 valence electrons. The number of ether oxygens (including phenoxy) is 2. The summed E-state index contributed by atoms with van der Waals surface area (Å²) in [6.07, 6.45) is 5.03. The van der Waals surface area contributed by atoms with Crippen molar-refractivity contribution in [3.05, 3.63) is 0 Å². The zero-order valence-corrected chi connectivity index (χ0v) is 16.8. The summed E-state index contributed by atoms with van der Waals surface area (Å²) in [7, 11) is 0. The molecule has 0 atom stereocenters. The molecule has 0 aromatic carbocycles. The smallest absolute Gasteiger partial charge is 0.0566 e. The Hall–Kier alpha value is -0.240. The lowest BCUT2D eigenvalue weighted by molar-refractivity contribution is -0.0304. The average Bonchev–Trinajstić information content (AvgIpc) is 2.66. The van der Waals surface area contributed by atoms with Crippen LogP contribution in [0.4, 0.5) is 0 Å². The van der Waals surface area contributed by atoms with Gasteiger partial charge in [0.05, 0.1) is 39.6 Å². The molecule has 0 unspecified atom stereocenters. The van der Waals surface area contributed by atoms with Crippen molar-refractivity contribution in [3.63, 3.8) is 0 Å². The topological polar surface area (TPSA) is 99.4 Å². The van der Waals surface area contributed by atoms with E-state index >= 15 is 0 Å². The molecular formula is C19H42O6. The van der Waals surface area contributed by atoms with Gasteiger partial charge in [-0.3, -0.25) is 0 Å². The normalized spacial score (nSPS) is 12.0. The molecule has 4 N–H and O–H groups in total. The van der Waals surface area contributed by atoms with Crippen molar-refractivity contribution in [2.24, 2.45) is 10.8 Å². The Labute approximate surface area is 154 Å². The maximum Gasteiger partial charge on any atom is 0.0566 e. The summed E-state index contributed by atoms with van der Waals surface area (Å²) in [5.41, 5.74) is -0.915. The molecule has 0 heterocycles. The molecule has 25 heavy (non-hydrogen) atoms. The van der Waals surface area contributed by atoms with Crippen LogP contribution in [0.5, 0.6) is 0 Å². The van der Waals surface area contributed by atoms with E-state index in [9.17, 15) is 0 Å². The molecule has 0 bridgehead atoms. The highest BCUT2D eigenvalue weighted by Crippen LogP contribution is 2.20. The third-order valence-corrected chi connectivity index (χ3v) is 4.33. The Morgan fingerprint density at radius 3 is 1.44 bits per heavy atom. The second kappa shape index (κ2) is 17.2. The SMILES string of the molecule is CCCCOCC(C)(CO)CO.CCCCOCC(CC)(CO)CO. The lowest BCUT2D eigenvalue weighted by Gasteiger charge is -2.27. The lowest BCUT2D eigenvalue weighted by Crippen LogP contribution is -2.34. The van der Waals surface area contributed by atoms with Crippen LogP contribution in [0.25, 0.3) is 0 Å². The molecule has 0 rings (SSSR count). The molecule has 0 spiro atoms. The van der Waals surface area contributed by atoms with Gasteiger partial charge < -0.3 is 29.9 Å². The molecule has 0 fully saturated rings. The fourth-order valence-corrected chi connectivity index (χ4v) is 1.71. The zero-order chi connectivity index (χ0) is 19.6. The van der Waals surface area contributed by atoms with Gasteiger partial charge in [0.25, 0.3) is 0 Å². The summed E-state index contributed by atoms with van der Waals surface area (Å²) in [6, 6.07) is 0. The van der Waals surface area contributed by atoms with Crippen molar-refractivity contribution in [2.75, 3.05) is 52.9 Å². The summed E-state index contributed by atoms with van der Waals surface area (Å²) < 4.78 is 10.7. The van der Waals surface area contributed by atoms with Crippen LogP contribution < -0.4 is 0 Å². The molecule has 0 aromatic heterocycles. The van der Waals surface area contributed by atoms with E-state index in [1.807, 2.05) is 6.92 Å². The molecule has 0 saturated heterocycles. The molecule has 0 saturated carbocycles. The van der Waals surface area contributed by atoms with Gasteiger partial charge in [0, 0.05) is 24.0 Å². The Morgan fingerprint density at radius 2 is 1.12 bits per heavy atom. The monoisotopic (exact) mass is 366 g/mol. The number of aliphatic hydroxyl groups is 4. The molecule has 0 radical (unpaired) electrons. The van der Waals surface area contributed by atoms with Gasteiger partial charge in [-0.05, 0) is 19.3 Å². The minimum Gasteiger partial charge on any atom is -0.396 e. The molecule has 6 heteroatoms. The maximum absolute atomic E-state index is 9.09. The molecule has 0 aliphatic carbocycles. The second-order valence-electron chi connectivity index (χ2n) is 7.11. The summed E-state index contributed by atoms with van der Waals surface area (Å²) in [5.74, 6) is 0. The lowest BCUT2D eigenvalue weighted by atomic mass is 9.88. The fourth-order valence-electron chi connectivity index (χ4n) is 1.71. The van der Waals surface area contributed by atoms with Gasteiger partial charge in [0.1, 0.15) is 0 Å². The molecule has 0 aliphatic rings. The first kappa shape index (κ1) is 27.0. The van der Waals surface area contributed by atoms with Crippen LogP contribution in [-0.2, 0) is 9.47 Å². The fraction of sp³-hybridized carbons (Fsp3) is 1.00. The number of hydrogen-bond donors (Lipinski definition) is 4. The molecular weight excluding hydrogens is 324 g/mol.